The molecular formula is C25H43NO4P+. The molecule has 0 bridgehead atoms. The number of hydrogen-bond donors (Lipinski definition) is 1. The molecule has 31 heavy (non-hydrogen) atoms. The zero-order chi connectivity index (χ0) is 22.3. The highest BCUT2D eigenvalue weighted by Crippen LogP contribution is 2.54. The number of amides is 1. The van der Waals surface area contributed by atoms with Crippen LogP contribution in [0.2, 0.25) is 0 Å². The van der Waals surface area contributed by atoms with Crippen LogP contribution in [-0.4, -0.2) is 43.5 Å². The van der Waals surface area contributed by atoms with Crippen molar-refractivity contribution in [2.24, 2.45) is 5.41 Å². The summed E-state index contributed by atoms with van der Waals surface area (Å²) in [6.45, 7) is 2.29. The molecule has 1 spiro atoms. The first-order valence-corrected chi connectivity index (χ1v) is 13.1. The lowest BCUT2D eigenvalue weighted by atomic mass is 9.63. The van der Waals surface area contributed by atoms with Crippen molar-refractivity contribution in [2.45, 2.75) is 115 Å². The van der Waals surface area contributed by atoms with Crippen molar-refractivity contribution in [3.8, 4) is 0 Å². The van der Waals surface area contributed by atoms with Gasteiger partial charge in [0.05, 0.1) is 7.11 Å². The van der Waals surface area contributed by atoms with Gasteiger partial charge >= 0.3 is 5.97 Å². The van der Waals surface area contributed by atoms with Crippen LogP contribution in [0.25, 0.3) is 0 Å². The Morgan fingerprint density at radius 1 is 1.03 bits per heavy atom. The molecule has 0 aromatic heterocycles. The van der Waals surface area contributed by atoms with Crippen LogP contribution < -0.4 is 5.32 Å². The highest BCUT2D eigenvalue weighted by Gasteiger charge is 2.53. The Bertz CT molecular complexity index is 639. The van der Waals surface area contributed by atoms with Crippen LogP contribution in [0.4, 0.5) is 0 Å². The highest BCUT2D eigenvalue weighted by molar-refractivity contribution is 7.17. The van der Waals surface area contributed by atoms with E-state index in [4.69, 9.17) is 4.74 Å². The van der Waals surface area contributed by atoms with Crippen LogP contribution in [0.15, 0.2) is 11.8 Å². The smallest absolute Gasteiger partial charge is 0.354 e. The largest absolute Gasteiger partial charge is 0.464 e. The predicted molar refractivity (Wildman–Crippen MR) is 128 cm³/mol. The summed E-state index contributed by atoms with van der Waals surface area (Å²) in [7, 11) is 4.58. The van der Waals surface area contributed by atoms with Crippen LogP contribution in [-0.2, 0) is 18.7 Å². The highest BCUT2D eigenvalue weighted by atomic mass is 31.0. The summed E-state index contributed by atoms with van der Waals surface area (Å²) in [6, 6.07) is 0. The monoisotopic (exact) mass is 452 g/mol. The number of ether oxygens (including phenoxy) is 1. The molecule has 6 heteroatoms. The van der Waals surface area contributed by atoms with Crippen molar-refractivity contribution < 1.29 is 18.7 Å². The van der Waals surface area contributed by atoms with E-state index in [2.05, 4.69) is 18.9 Å². The standard InChI is InChI=1S/C25H42NO4P/c1-19(27)26-21(24(28)29-2)13-10-18-30(20-11-4-3-5-12-20)22-14-6-8-16-25(22)17-9-7-15-23(25)31/h13,20,22-23H,3-12,14-18,31H2,1-2H3/p+1/b21-13-. The molecule has 0 heterocycles. The number of nitrogens with one attached hydrogen (secondary N) is 1. The average molecular weight is 453 g/mol. The van der Waals surface area contributed by atoms with Gasteiger partial charge in [-0.15, -0.1) is 9.24 Å². The van der Waals surface area contributed by atoms with Gasteiger partial charge in [0.1, 0.15) is 12.3 Å². The maximum atomic E-state index is 12.1. The van der Waals surface area contributed by atoms with Crippen LogP contribution in [0.1, 0.15) is 96.8 Å². The molecule has 4 unspecified atom stereocenters. The summed E-state index contributed by atoms with van der Waals surface area (Å²) in [5.41, 5.74) is 1.36. The lowest BCUT2D eigenvalue weighted by Gasteiger charge is -2.53. The molecule has 1 N–H and O–H groups in total. The minimum absolute atomic E-state index is 0.243. The van der Waals surface area contributed by atoms with Crippen LogP contribution in [0.3, 0.4) is 0 Å². The third kappa shape index (κ3) is 6.11. The first-order chi connectivity index (χ1) is 15.0. The normalized spacial score (nSPS) is 30.4. The van der Waals surface area contributed by atoms with Gasteiger partial charge in [0.25, 0.3) is 0 Å². The van der Waals surface area contributed by atoms with Gasteiger partial charge in [0.2, 0.25) is 5.91 Å². The topological polar surface area (TPSA) is 58.1 Å². The average Bonchev–Trinajstić information content (AvgIpc) is 2.78. The fourth-order valence-corrected chi connectivity index (χ4v) is 7.20. The van der Waals surface area contributed by atoms with E-state index in [-0.39, 0.29) is 11.6 Å². The molecule has 1 amide bonds. The van der Waals surface area contributed by atoms with Gasteiger partial charge in [-0.25, -0.2) is 4.79 Å². The predicted octanol–water partition coefficient (Wildman–Crippen LogP) is 5.20. The minimum Gasteiger partial charge on any atom is -0.464 e. The summed E-state index contributed by atoms with van der Waals surface area (Å²) in [6.07, 6.45) is 20.9. The van der Waals surface area contributed by atoms with Gasteiger partial charge in [0, 0.05) is 38.0 Å². The lowest BCUT2D eigenvalue weighted by molar-refractivity contribution is -0.289. The maximum absolute atomic E-state index is 12.1. The zero-order valence-corrected chi connectivity index (χ0v) is 20.8. The molecule has 176 valence electrons. The van der Waals surface area contributed by atoms with Gasteiger partial charge in [-0.2, -0.15) is 0 Å². The zero-order valence-electron chi connectivity index (χ0n) is 19.6. The van der Waals surface area contributed by atoms with Gasteiger partial charge in [0.15, 0.2) is 12.2 Å². The second-order valence-electron chi connectivity index (χ2n) is 9.83. The van der Waals surface area contributed by atoms with Gasteiger partial charge in [-0.05, 0) is 50.3 Å². The van der Waals surface area contributed by atoms with Crippen molar-refractivity contribution in [1.82, 2.24) is 5.32 Å². The summed E-state index contributed by atoms with van der Waals surface area (Å²) < 4.78 is 8.77. The maximum Gasteiger partial charge on any atom is 0.354 e. The summed E-state index contributed by atoms with van der Waals surface area (Å²) >= 11 is 0. The molecule has 5 nitrogen and oxygen atoms in total. The fraction of sp³-hybridized carbons (Fsp3) is 0.840. The molecule has 0 aliphatic heterocycles. The van der Waals surface area contributed by atoms with Crippen molar-refractivity contribution in [3.05, 3.63) is 11.8 Å². The number of methoxy groups -OCH3 is 1. The number of carbonyl (C=O) groups is 2. The molecule has 0 aromatic carbocycles. The van der Waals surface area contributed by atoms with E-state index in [1.54, 1.807) is 0 Å². The Balaban J connectivity index is 1.81. The summed E-state index contributed by atoms with van der Waals surface area (Å²) in [4.78, 5) is 23.6. The van der Waals surface area contributed by atoms with E-state index >= 15 is 0 Å². The SMILES string of the molecule is COC(=O)/C(=C/CC[O+](C1CCCCC1)C1CCCCC12CCCCC2P)NC(C)=O. The van der Waals surface area contributed by atoms with E-state index in [9.17, 15) is 9.59 Å². The number of carbonyl (C=O) groups excluding carboxylic acids is 2. The Morgan fingerprint density at radius 2 is 1.68 bits per heavy atom. The Labute approximate surface area is 191 Å². The van der Waals surface area contributed by atoms with E-state index in [1.807, 2.05) is 6.08 Å². The molecule has 3 saturated carbocycles. The van der Waals surface area contributed by atoms with Gasteiger partial charge in [-0.3, -0.25) is 4.79 Å². The van der Waals surface area contributed by atoms with Crippen molar-refractivity contribution >= 4 is 21.1 Å². The van der Waals surface area contributed by atoms with Crippen LogP contribution >= 0.6 is 9.24 Å². The molecule has 0 saturated heterocycles. The molecule has 3 aliphatic carbocycles. The van der Waals surface area contributed by atoms with Gasteiger partial charge < -0.3 is 14.4 Å². The van der Waals surface area contributed by atoms with E-state index in [0.29, 0.717) is 23.3 Å². The molecule has 0 aromatic rings. The van der Waals surface area contributed by atoms with Gasteiger partial charge in [-0.1, -0.05) is 25.7 Å². The van der Waals surface area contributed by atoms with Crippen molar-refractivity contribution in [2.75, 3.05) is 13.7 Å². The first kappa shape index (κ1) is 24.7. The first-order valence-electron chi connectivity index (χ1n) is 12.5. The molecular weight excluding hydrogens is 409 g/mol. The van der Waals surface area contributed by atoms with E-state index in [1.165, 1.54) is 97.5 Å². The molecule has 3 aliphatic rings. The minimum atomic E-state index is -0.476. The van der Waals surface area contributed by atoms with E-state index < -0.39 is 5.97 Å². The van der Waals surface area contributed by atoms with Crippen molar-refractivity contribution in [3.63, 3.8) is 0 Å². The Kier molecular flexibility index (Phi) is 9.40. The number of esters is 1. The Morgan fingerprint density at radius 3 is 2.29 bits per heavy atom. The Hall–Kier alpha value is -0.930. The molecule has 3 fully saturated rings. The quantitative estimate of drug-likeness (QED) is 0.250. The summed E-state index contributed by atoms with van der Waals surface area (Å²) in [5.74, 6) is -0.719. The third-order valence-corrected chi connectivity index (χ3v) is 8.91. The van der Waals surface area contributed by atoms with E-state index in [0.717, 1.165) is 13.0 Å². The van der Waals surface area contributed by atoms with Crippen LogP contribution in [0.5, 0.6) is 0 Å². The fourth-order valence-electron chi connectivity index (χ4n) is 6.42. The summed E-state index contributed by atoms with van der Waals surface area (Å²) in [5, 5.41) is 2.64. The molecule has 4 atom stereocenters. The lowest BCUT2D eigenvalue weighted by Crippen LogP contribution is -2.54. The third-order valence-electron chi connectivity index (χ3n) is 7.91. The second-order valence-corrected chi connectivity index (χ2v) is 10.6. The molecule has 0 radical (unpaired) electrons. The molecule has 3 rings (SSSR count). The van der Waals surface area contributed by atoms with Crippen molar-refractivity contribution in [1.29, 1.82) is 0 Å². The second kappa shape index (κ2) is 11.8. The number of rotatable bonds is 7. The number of hydrogen-bond acceptors (Lipinski definition) is 3. The van der Waals surface area contributed by atoms with Crippen LogP contribution in [0, 0.1) is 5.41 Å².